The van der Waals surface area contributed by atoms with Crippen molar-refractivity contribution < 1.29 is 18.7 Å². The van der Waals surface area contributed by atoms with E-state index in [1.54, 1.807) is 19.4 Å². The zero-order valence-electron chi connectivity index (χ0n) is 17.0. The third-order valence-corrected chi connectivity index (χ3v) is 5.88. The number of benzene rings is 1. The third kappa shape index (κ3) is 4.68. The molecule has 0 saturated carbocycles. The smallest absolute Gasteiger partial charge is 0.234 e. The Bertz CT molecular complexity index is 1010. The summed E-state index contributed by atoms with van der Waals surface area (Å²) < 4.78 is 18.5. The Labute approximate surface area is 179 Å². The lowest BCUT2D eigenvalue weighted by atomic mass is 10.2. The number of methoxy groups -OCH3 is 1. The number of thioether (sulfide) groups is 1. The molecule has 1 aliphatic rings. The van der Waals surface area contributed by atoms with Crippen LogP contribution in [0, 0.1) is 6.92 Å². The van der Waals surface area contributed by atoms with Crippen LogP contribution in [0.25, 0.3) is 11.4 Å². The molecule has 0 unspecified atom stereocenters. The van der Waals surface area contributed by atoms with Crippen molar-refractivity contribution in [2.24, 2.45) is 0 Å². The fourth-order valence-electron chi connectivity index (χ4n) is 3.40. The number of carbonyl (C=O) groups is 1. The van der Waals surface area contributed by atoms with E-state index in [9.17, 15) is 4.79 Å². The van der Waals surface area contributed by atoms with Crippen molar-refractivity contribution in [1.82, 2.24) is 14.8 Å². The molecule has 1 fully saturated rings. The van der Waals surface area contributed by atoms with Gasteiger partial charge in [-0.3, -0.25) is 9.36 Å². The average Bonchev–Trinajstić information content (AvgIpc) is 3.49. The standard InChI is InChI=1S/C21H24N4O4S/c1-14-18(8-10-28-14)20-23-24-21(25(20)12-17-7-4-9-29-17)30-13-19(26)22-15-5-3-6-16(11-15)27-2/h3,5-6,8,10-11,17H,4,7,9,12-13H2,1-2H3,(H,22,26)/t17-/m0/s1. The van der Waals surface area contributed by atoms with E-state index in [-0.39, 0.29) is 17.8 Å². The molecular weight excluding hydrogens is 404 g/mol. The molecule has 4 rings (SSSR count). The summed E-state index contributed by atoms with van der Waals surface area (Å²) in [6, 6.07) is 9.15. The number of aryl methyl sites for hydroxylation is 1. The van der Waals surface area contributed by atoms with Gasteiger partial charge in [-0.05, 0) is 38.0 Å². The normalized spacial score (nSPS) is 16.0. The van der Waals surface area contributed by atoms with Gasteiger partial charge in [0.05, 0.1) is 37.3 Å². The Kier molecular flexibility index (Phi) is 6.39. The average molecular weight is 429 g/mol. The molecule has 1 aromatic carbocycles. The van der Waals surface area contributed by atoms with Gasteiger partial charge in [0, 0.05) is 18.4 Å². The Balaban J connectivity index is 1.48. The van der Waals surface area contributed by atoms with E-state index in [0.717, 1.165) is 36.6 Å². The minimum atomic E-state index is -0.124. The van der Waals surface area contributed by atoms with Gasteiger partial charge in [-0.25, -0.2) is 0 Å². The molecule has 1 aliphatic heterocycles. The van der Waals surface area contributed by atoms with Crippen LogP contribution in [0.4, 0.5) is 5.69 Å². The number of ether oxygens (including phenoxy) is 2. The first-order valence-corrected chi connectivity index (χ1v) is 10.8. The van der Waals surface area contributed by atoms with Gasteiger partial charge < -0.3 is 19.2 Å². The molecule has 9 heteroatoms. The van der Waals surface area contributed by atoms with Crippen molar-refractivity contribution in [2.45, 2.75) is 37.6 Å². The van der Waals surface area contributed by atoms with Crippen LogP contribution >= 0.6 is 11.8 Å². The molecular formula is C21H24N4O4S. The molecule has 1 amide bonds. The van der Waals surface area contributed by atoms with Crippen molar-refractivity contribution in [2.75, 3.05) is 24.8 Å². The fraction of sp³-hybridized carbons (Fsp3) is 0.381. The Morgan fingerprint density at radius 1 is 1.37 bits per heavy atom. The van der Waals surface area contributed by atoms with Crippen LogP contribution in [0.2, 0.25) is 0 Å². The minimum absolute atomic E-state index is 0.122. The van der Waals surface area contributed by atoms with Crippen LogP contribution in [-0.4, -0.2) is 46.2 Å². The molecule has 8 nitrogen and oxygen atoms in total. The number of nitrogens with one attached hydrogen (secondary N) is 1. The molecule has 0 aliphatic carbocycles. The number of furan rings is 1. The molecule has 1 N–H and O–H groups in total. The zero-order chi connectivity index (χ0) is 20.9. The lowest BCUT2D eigenvalue weighted by molar-refractivity contribution is -0.113. The fourth-order valence-corrected chi connectivity index (χ4v) is 4.14. The van der Waals surface area contributed by atoms with Crippen LogP contribution in [0.3, 0.4) is 0 Å². The van der Waals surface area contributed by atoms with Crippen LogP contribution in [0.5, 0.6) is 5.75 Å². The van der Waals surface area contributed by atoms with Crippen LogP contribution in [0.15, 0.2) is 46.2 Å². The first-order valence-electron chi connectivity index (χ1n) is 9.80. The molecule has 3 aromatic rings. The summed E-state index contributed by atoms with van der Waals surface area (Å²) >= 11 is 1.35. The molecule has 0 spiro atoms. The first kappa shape index (κ1) is 20.5. The van der Waals surface area contributed by atoms with E-state index in [2.05, 4.69) is 15.5 Å². The molecule has 1 saturated heterocycles. The number of anilines is 1. The van der Waals surface area contributed by atoms with Gasteiger partial charge in [0.25, 0.3) is 0 Å². The molecule has 158 valence electrons. The van der Waals surface area contributed by atoms with Crippen molar-refractivity contribution in [1.29, 1.82) is 0 Å². The molecule has 3 heterocycles. The van der Waals surface area contributed by atoms with E-state index in [0.29, 0.717) is 23.1 Å². The van der Waals surface area contributed by atoms with Gasteiger partial charge in [-0.15, -0.1) is 10.2 Å². The topological polar surface area (TPSA) is 91.4 Å². The van der Waals surface area contributed by atoms with Crippen molar-refractivity contribution in [3.05, 3.63) is 42.4 Å². The highest BCUT2D eigenvalue weighted by molar-refractivity contribution is 7.99. The number of rotatable bonds is 8. The van der Waals surface area contributed by atoms with E-state index >= 15 is 0 Å². The maximum absolute atomic E-state index is 12.5. The number of amides is 1. The summed E-state index contributed by atoms with van der Waals surface area (Å²) in [7, 11) is 1.59. The summed E-state index contributed by atoms with van der Waals surface area (Å²) in [5.41, 5.74) is 1.59. The zero-order valence-corrected chi connectivity index (χ0v) is 17.8. The van der Waals surface area contributed by atoms with Crippen LogP contribution in [0.1, 0.15) is 18.6 Å². The van der Waals surface area contributed by atoms with E-state index in [1.165, 1.54) is 11.8 Å². The Morgan fingerprint density at radius 3 is 3.00 bits per heavy atom. The highest BCUT2D eigenvalue weighted by Gasteiger charge is 2.23. The summed E-state index contributed by atoms with van der Waals surface area (Å²) in [6.45, 7) is 3.32. The predicted molar refractivity (Wildman–Crippen MR) is 114 cm³/mol. The van der Waals surface area contributed by atoms with E-state index in [1.807, 2.05) is 35.8 Å². The molecule has 30 heavy (non-hydrogen) atoms. The third-order valence-electron chi connectivity index (χ3n) is 4.91. The second-order valence-electron chi connectivity index (χ2n) is 7.01. The number of carbonyl (C=O) groups excluding carboxylic acids is 1. The minimum Gasteiger partial charge on any atom is -0.497 e. The maximum Gasteiger partial charge on any atom is 0.234 e. The first-order chi connectivity index (χ1) is 14.6. The number of nitrogens with zero attached hydrogens (tertiary/aromatic N) is 3. The maximum atomic E-state index is 12.5. The van der Waals surface area contributed by atoms with Crippen molar-refractivity contribution in [3.63, 3.8) is 0 Å². The van der Waals surface area contributed by atoms with E-state index < -0.39 is 0 Å². The highest BCUT2D eigenvalue weighted by Crippen LogP contribution is 2.29. The van der Waals surface area contributed by atoms with Gasteiger partial charge in [0.2, 0.25) is 5.91 Å². The molecule has 1 atom stereocenters. The lowest BCUT2D eigenvalue weighted by Crippen LogP contribution is -2.18. The summed E-state index contributed by atoms with van der Waals surface area (Å²) in [4.78, 5) is 12.5. The van der Waals surface area contributed by atoms with Crippen LogP contribution in [-0.2, 0) is 16.1 Å². The monoisotopic (exact) mass is 428 g/mol. The molecule has 0 radical (unpaired) electrons. The number of aromatic nitrogens is 3. The number of hydrogen-bond acceptors (Lipinski definition) is 7. The lowest BCUT2D eigenvalue weighted by Gasteiger charge is -2.14. The van der Waals surface area contributed by atoms with Gasteiger partial charge in [0.1, 0.15) is 11.5 Å². The van der Waals surface area contributed by atoms with Gasteiger partial charge in [0.15, 0.2) is 11.0 Å². The Hall–Kier alpha value is -2.78. The molecule has 0 bridgehead atoms. The SMILES string of the molecule is COc1cccc(NC(=O)CSc2nnc(-c3ccoc3C)n2C[C@@H]2CCCO2)c1. The van der Waals surface area contributed by atoms with E-state index in [4.69, 9.17) is 13.9 Å². The molecule has 2 aromatic heterocycles. The van der Waals surface area contributed by atoms with Crippen LogP contribution < -0.4 is 10.1 Å². The Morgan fingerprint density at radius 2 is 2.27 bits per heavy atom. The van der Waals surface area contributed by atoms with Gasteiger partial charge >= 0.3 is 0 Å². The van der Waals surface area contributed by atoms with Crippen molar-refractivity contribution in [3.8, 4) is 17.1 Å². The van der Waals surface area contributed by atoms with Crippen molar-refractivity contribution >= 4 is 23.4 Å². The predicted octanol–water partition coefficient (Wildman–Crippen LogP) is 3.76. The second kappa shape index (κ2) is 9.36. The summed E-state index contributed by atoms with van der Waals surface area (Å²) in [6.07, 6.45) is 3.82. The van der Waals surface area contributed by atoms with Gasteiger partial charge in [-0.2, -0.15) is 0 Å². The second-order valence-corrected chi connectivity index (χ2v) is 7.95. The largest absolute Gasteiger partial charge is 0.497 e. The summed E-state index contributed by atoms with van der Waals surface area (Å²) in [5.74, 6) is 2.29. The number of hydrogen-bond donors (Lipinski definition) is 1. The van der Waals surface area contributed by atoms with Gasteiger partial charge in [-0.1, -0.05) is 17.8 Å². The highest BCUT2D eigenvalue weighted by atomic mass is 32.2. The quantitative estimate of drug-likeness (QED) is 0.546. The summed E-state index contributed by atoms with van der Waals surface area (Å²) in [5, 5.41) is 12.3.